The zero-order chi connectivity index (χ0) is 12.0. The molecule has 0 bridgehead atoms. The van der Waals surface area contributed by atoms with Crippen LogP contribution in [-0.4, -0.2) is 27.8 Å². The first kappa shape index (κ1) is 14.3. The number of hydrogen-bond donors (Lipinski definition) is 0. The summed E-state index contributed by atoms with van der Waals surface area (Å²) < 4.78 is 22.5. The molecule has 6 heteroatoms. The highest BCUT2D eigenvalue weighted by Gasteiger charge is 2.08. The van der Waals surface area contributed by atoms with Crippen LogP contribution in [-0.2, 0) is 9.47 Å². The van der Waals surface area contributed by atoms with Crippen LogP contribution in [0.2, 0.25) is 0 Å². The third-order valence-corrected chi connectivity index (χ3v) is 3.34. The van der Waals surface area contributed by atoms with Gasteiger partial charge < -0.3 is 18.9 Å². The summed E-state index contributed by atoms with van der Waals surface area (Å²) in [6, 6.07) is 3.82. The summed E-state index contributed by atoms with van der Waals surface area (Å²) in [5, 5.41) is 0. The molecule has 90 valence electrons. The van der Waals surface area contributed by atoms with E-state index >= 15 is 0 Å². The normalized spacial score (nSPS) is 10.2. The first-order chi connectivity index (χ1) is 7.69. The zero-order valence-electron chi connectivity index (χ0n) is 8.96. The molecule has 0 amide bonds. The van der Waals surface area contributed by atoms with E-state index < -0.39 is 0 Å². The number of benzene rings is 1. The predicted molar refractivity (Wildman–Crippen MR) is 76.9 cm³/mol. The first-order valence-electron chi connectivity index (χ1n) is 4.41. The minimum Gasteiger partial charge on any atom is -0.466 e. The second-order valence-corrected chi connectivity index (χ2v) is 5.14. The third kappa shape index (κ3) is 4.22. The summed E-state index contributed by atoms with van der Waals surface area (Å²) >= 11 is 4.38. The molecular weight excluding hydrogens is 438 g/mol. The number of halogens is 2. The molecule has 4 nitrogen and oxygen atoms in total. The summed E-state index contributed by atoms with van der Waals surface area (Å²) in [4.78, 5) is 0. The van der Waals surface area contributed by atoms with E-state index in [1.54, 1.807) is 14.2 Å². The van der Waals surface area contributed by atoms with Gasteiger partial charge in [0.2, 0.25) is 0 Å². The second kappa shape index (κ2) is 7.51. The van der Waals surface area contributed by atoms with E-state index in [1.807, 2.05) is 12.1 Å². The Morgan fingerprint density at radius 3 is 1.56 bits per heavy atom. The van der Waals surface area contributed by atoms with Crippen molar-refractivity contribution in [2.45, 2.75) is 0 Å². The molecule has 0 N–H and O–H groups in total. The molecule has 16 heavy (non-hydrogen) atoms. The molecule has 0 aliphatic heterocycles. The van der Waals surface area contributed by atoms with Crippen molar-refractivity contribution < 1.29 is 18.9 Å². The van der Waals surface area contributed by atoms with Gasteiger partial charge in [0.25, 0.3) is 0 Å². The Morgan fingerprint density at radius 1 is 0.875 bits per heavy atom. The molecule has 1 rings (SSSR count). The van der Waals surface area contributed by atoms with Crippen LogP contribution in [0.3, 0.4) is 0 Å². The Kier molecular flexibility index (Phi) is 6.70. The molecule has 0 aliphatic carbocycles. The number of rotatable bonds is 6. The van der Waals surface area contributed by atoms with Crippen molar-refractivity contribution in [2.24, 2.45) is 0 Å². The van der Waals surface area contributed by atoms with Gasteiger partial charge in [0, 0.05) is 14.2 Å². The van der Waals surface area contributed by atoms with Gasteiger partial charge in [-0.05, 0) is 57.3 Å². The quantitative estimate of drug-likeness (QED) is 0.494. The lowest BCUT2D eigenvalue weighted by Crippen LogP contribution is -2.03. The summed E-state index contributed by atoms with van der Waals surface area (Å²) in [5.41, 5.74) is 0. The smallest absolute Gasteiger partial charge is 0.188 e. The summed E-state index contributed by atoms with van der Waals surface area (Å²) in [6.07, 6.45) is 0. The number of ether oxygens (including phenoxy) is 4. The first-order valence-corrected chi connectivity index (χ1v) is 6.57. The molecular formula is C10H12I2O4. The molecule has 0 aromatic heterocycles. The van der Waals surface area contributed by atoms with Crippen LogP contribution in [0.15, 0.2) is 12.1 Å². The maximum atomic E-state index is 5.40. The highest BCUT2D eigenvalue weighted by atomic mass is 127. The van der Waals surface area contributed by atoms with Crippen LogP contribution in [0.25, 0.3) is 0 Å². The van der Waals surface area contributed by atoms with Crippen molar-refractivity contribution in [1.82, 2.24) is 0 Å². The minimum absolute atomic E-state index is 0.240. The van der Waals surface area contributed by atoms with Gasteiger partial charge in [0.15, 0.2) is 13.6 Å². The third-order valence-electron chi connectivity index (χ3n) is 1.65. The molecule has 0 radical (unpaired) electrons. The van der Waals surface area contributed by atoms with Crippen LogP contribution in [0.1, 0.15) is 0 Å². The van der Waals surface area contributed by atoms with Gasteiger partial charge >= 0.3 is 0 Å². The monoisotopic (exact) mass is 450 g/mol. The fourth-order valence-corrected chi connectivity index (χ4v) is 2.16. The maximum Gasteiger partial charge on any atom is 0.188 e. The van der Waals surface area contributed by atoms with E-state index in [0.717, 1.165) is 18.6 Å². The Labute approximate surface area is 122 Å². The van der Waals surface area contributed by atoms with Crippen LogP contribution in [0.5, 0.6) is 11.5 Å². The van der Waals surface area contributed by atoms with E-state index in [4.69, 9.17) is 18.9 Å². The fourth-order valence-electron chi connectivity index (χ4n) is 0.976. The van der Waals surface area contributed by atoms with Gasteiger partial charge in [-0.1, -0.05) is 0 Å². The fraction of sp³-hybridized carbons (Fsp3) is 0.400. The van der Waals surface area contributed by atoms with Crippen molar-refractivity contribution in [1.29, 1.82) is 0 Å². The summed E-state index contributed by atoms with van der Waals surface area (Å²) in [6.45, 7) is 0.481. The average Bonchev–Trinajstić information content (AvgIpc) is 2.28. The summed E-state index contributed by atoms with van der Waals surface area (Å²) in [5.74, 6) is 1.58. The van der Waals surface area contributed by atoms with Crippen molar-refractivity contribution in [3.8, 4) is 11.5 Å². The SMILES string of the molecule is COCOc1cc(I)c(OCOC)cc1I. The molecule has 1 aromatic rings. The largest absolute Gasteiger partial charge is 0.466 e. The van der Waals surface area contributed by atoms with Gasteiger partial charge in [-0.2, -0.15) is 0 Å². The molecule has 0 aliphatic rings. The highest BCUT2D eigenvalue weighted by Crippen LogP contribution is 2.31. The molecule has 1 aromatic carbocycles. The second-order valence-electron chi connectivity index (χ2n) is 2.81. The summed E-state index contributed by atoms with van der Waals surface area (Å²) in [7, 11) is 3.18. The Bertz CT molecular complexity index is 310. The van der Waals surface area contributed by atoms with Crippen LogP contribution in [0.4, 0.5) is 0 Å². The molecule has 0 unspecified atom stereocenters. The van der Waals surface area contributed by atoms with E-state index in [1.165, 1.54) is 0 Å². The Hall–Kier alpha value is 0.200. The zero-order valence-corrected chi connectivity index (χ0v) is 13.3. The standard InChI is InChI=1S/C10H12I2O4/c1-13-5-15-9-3-8(12)10(4-7(9)11)16-6-14-2/h3-4H,5-6H2,1-2H3. The van der Waals surface area contributed by atoms with Crippen molar-refractivity contribution in [3.05, 3.63) is 19.3 Å². The highest BCUT2D eigenvalue weighted by molar-refractivity contribution is 14.1. The Balaban J connectivity index is 2.79. The van der Waals surface area contributed by atoms with Crippen molar-refractivity contribution in [2.75, 3.05) is 27.8 Å². The van der Waals surface area contributed by atoms with Gasteiger partial charge in [-0.3, -0.25) is 0 Å². The van der Waals surface area contributed by atoms with E-state index in [-0.39, 0.29) is 13.6 Å². The van der Waals surface area contributed by atoms with Crippen LogP contribution >= 0.6 is 45.2 Å². The molecule has 0 spiro atoms. The lowest BCUT2D eigenvalue weighted by molar-refractivity contribution is 0.0473. The van der Waals surface area contributed by atoms with Gasteiger partial charge in [-0.15, -0.1) is 0 Å². The van der Waals surface area contributed by atoms with Gasteiger partial charge in [0.05, 0.1) is 7.14 Å². The van der Waals surface area contributed by atoms with E-state index in [9.17, 15) is 0 Å². The van der Waals surface area contributed by atoms with Crippen molar-refractivity contribution >= 4 is 45.2 Å². The average molecular weight is 450 g/mol. The predicted octanol–water partition coefficient (Wildman–Crippen LogP) is 2.86. The molecule has 0 heterocycles. The molecule has 0 saturated carbocycles. The van der Waals surface area contributed by atoms with E-state index in [2.05, 4.69) is 45.2 Å². The van der Waals surface area contributed by atoms with E-state index in [0.29, 0.717) is 0 Å². The molecule has 0 atom stereocenters. The lowest BCUT2D eigenvalue weighted by Gasteiger charge is -2.11. The van der Waals surface area contributed by atoms with Crippen LogP contribution in [0, 0.1) is 7.14 Å². The van der Waals surface area contributed by atoms with Crippen molar-refractivity contribution in [3.63, 3.8) is 0 Å². The number of hydrogen-bond acceptors (Lipinski definition) is 4. The lowest BCUT2D eigenvalue weighted by atomic mass is 10.3. The maximum absolute atomic E-state index is 5.40. The topological polar surface area (TPSA) is 36.9 Å². The Morgan fingerprint density at radius 2 is 1.25 bits per heavy atom. The minimum atomic E-state index is 0.240. The van der Waals surface area contributed by atoms with Gasteiger partial charge in [0.1, 0.15) is 11.5 Å². The van der Waals surface area contributed by atoms with Gasteiger partial charge in [-0.25, -0.2) is 0 Å². The molecule has 0 fully saturated rings. The van der Waals surface area contributed by atoms with Crippen LogP contribution < -0.4 is 9.47 Å². The molecule has 0 saturated heterocycles. The number of methoxy groups -OCH3 is 2.